The molecule has 1 amide bonds. The normalized spacial score (nSPS) is 11.4. The van der Waals surface area contributed by atoms with Gasteiger partial charge in [-0.15, -0.1) is 0 Å². The van der Waals surface area contributed by atoms with Crippen LogP contribution >= 0.6 is 0 Å². The van der Waals surface area contributed by atoms with Crippen molar-refractivity contribution in [2.75, 3.05) is 13.7 Å². The smallest absolute Gasteiger partial charge is 0.339 e. The molecule has 1 atom stereocenters. The molecule has 0 aliphatic carbocycles. The van der Waals surface area contributed by atoms with Crippen LogP contribution in [0.15, 0.2) is 18.2 Å². The van der Waals surface area contributed by atoms with Gasteiger partial charge in [0.05, 0.1) is 17.6 Å². The number of carbonyl (C=O) groups is 2. The monoisotopic (exact) mass is 296 g/mol. The van der Waals surface area contributed by atoms with Gasteiger partial charge in [-0.2, -0.15) is 0 Å². The third-order valence-electron chi connectivity index (χ3n) is 2.62. The summed E-state index contributed by atoms with van der Waals surface area (Å²) in [6, 6.07) is 3.68. The number of nitro benzene ring substituents is 1. The zero-order valence-electron chi connectivity index (χ0n) is 11.9. The van der Waals surface area contributed by atoms with Crippen LogP contribution in [0.25, 0.3) is 0 Å². The predicted molar refractivity (Wildman–Crippen MR) is 73.2 cm³/mol. The lowest BCUT2D eigenvalue weighted by atomic mass is 10.2. The van der Waals surface area contributed by atoms with Crippen LogP contribution in [-0.2, 0) is 9.53 Å². The molecule has 8 heteroatoms. The summed E-state index contributed by atoms with van der Waals surface area (Å²) >= 11 is 0. The van der Waals surface area contributed by atoms with Gasteiger partial charge in [-0.3, -0.25) is 14.9 Å². The second kappa shape index (κ2) is 7.22. The zero-order chi connectivity index (χ0) is 16.0. The molecule has 0 saturated carbocycles. The van der Waals surface area contributed by atoms with Gasteiger partial charge < -0.3 is 14.8 Å². The summed E-state index contributed by atoms with van der Waals surface area (Å²) in [6.45, 7) is 3.56. The third kappa shape index (κ3) is 4.16. The number of nitrogens with zero attached hydrogens (tertiary/aromatic N) is 1. The maximum atomic E-state index is 11.9. The summed E-state index contributed by atoms with van der Waals surface area (Å²) in [5.41, 5.74) is -0.378. The van der Waals surface area contributed by atoms with Crippen molar-refractivity contribution in [1.29, 1.82) is 0 Å². The Labute approximate surface area is 121 Å². The van der Waals surface area contributed by atoms with E-state index in [1.54, 1.807) is 6.92 Å². The predicted octanol–water partition coefficient (Wildman–Crippen LogP) is 1.28. The van der Waals surface area contributed by atoms with Gasteiger partial charge in [0.15, 0.2) is 11.9 Å². The average Bonchev–Trinajstić information content (AvgIpc) is 2.46. The molecule has 0 fully saturated rings. The van der Waals surface area contributed by atoms with E-state index < -0.39 is 22.9 Å². The second-order valence-electron chi connectivity index (χ2n) is 4.09. The van der Waals surface area contributed by atoms with Crippen molar-refractivity contribution in [3.05, 3.63) is 33.9 Å². The molecule has 0 bridgehead atoms. The number of hydrogen-bond acceptors (Lipinski definition) is 6. The van der Waals surface area contributed by atoms with Crippen LogP contribution in [-0.4, -0.2) is 36.6 Å². The summed E-state index contributed by atoms with van der Waals surface area (Å²) in [5, 5.41) is 13.4. The van der Waals surface area contributed by atoms with E-state index in [1.807, 2.05) is 0 Å². The minimum Gasteiger partial charge on any atom is -0.490 e. The maximum absolute atomic E-state index is 11.9. The van der Waals surface area contributed by atoms with Gasteiger partial charge in [0.1, 0.15) is 0 Å². The molecule has 114 valence electrons. The van der Waals surface area contributed by atoms with Crippen LogP contribution in [0.4, 0.5) is 5.69 Å². The van der Waals surface area contributed by atoms with Gasteiger partial charge in [-0.1, -0.05) is 0 Å². The number of likely N-dealkylation sites (N-methyl/N-ethyl adjacent to an activating group) is 1. The van der Waals surface area contributed by atoms with Gasteiger partial charge in [0.25, 0.3) is 5.91 Å². The van der Waals surface area contributed by atoms with Crippen LogP contribution in [0.1, 0.15) is 24.2 Å². The van der Waals surface area contributed by atoms with Crippen molar-refractivity contribution in [2.24, 2.45) is 0 Å². The SMILES string of the molecule is CCNC(=O)[C@H](C)OC(=O)c1ccc(OC)c([N+](=O)[O-])c1. The zero-order valence-corrected chi connectivity index (χ0v) is 11.9. The minimum absolute atomic E-state index is 0.0290. The fourth-order valence-electron chi connectivity index (χ4n) is 1.56. The van der Waals surface area contributed by atoms with Crippen molar-refractivity contribution < 1.29 is 24.0 Å². The van der Waals surface area contributed by atoms with Crippen LogP contribution in [0.3, 0.4) is 0 Å². The molecule has 0 aliphatic rings. The van der Waals surface area contributed by atoms with Crippen molar-refractivity contribution in [1.82, 2.24) is 5.32 Å². The van der Waals surface area contributed by atoms with Crippen molar-refractivity contribution in [3.8, 4) is 5.75 Å². The molecule has 0 heterocycles. The fourth-order valence-corrected chi connectivity index (χ4v) is 1.56. The van der Waals surface area contributed by atoms with Crippen LogP contribution in [0.2, 0.25) is 0 Å². The first-order valence-electron chi connectivity index (χ1n) is 6.21. The third-order valence-corrected chi connectivity index (χ3v) is 2.62. The van der Waals surface area contributed by atoms with E-state index in [1.165, 1.54) is 26.2 Å². The van der Waals surface area contributed by atoms with Crippen LogP contribution in [0, 0.1) is 10.1 Å². The Hall–Kier alpha value is -2.64. The molecule has 0 saturated heterocycles. The molecule has 1 rings (SSSR count). The van der Waals surface area contributed by atoms with E-state index in [0.717, 1.165) is 6.07 Å². The van der Waals surface area contributed by atoms with Crippen LogP contribution in [0.5, 0.6) is 5.75 Å². The molecule has 1 aromatic rings. The Morgan fingerprint density at radius 3 is 2.62 bits per heavy atom. The molecule has 0 radical (unpaired) electrons. The number of methoxy groups -OCH3 is 1. The lowest BCUT2D eigenvalue weighted by molar-refractivity contribution is -0.385. The minimum atomic E-state index is -0.987. The first-order valence-corrected chi connectivity index (χ1v) is 6.21. The molecule has 8 nitrogen and oxygen atoms in total. The Bertz CT molecular complexity index is 558. The molecular weight excluding hydrogens is 280 g/mol. The standard InChI is InChI=1S/C13H16N2O6/c1-4-14-12(16)8(2)21-13(17)9-5-6-11(20-3)10(7-9)15(18)19/h5-8H,4H2,1-3H3,(H,14,16)/t8-/m0/s1. The van der Waals surface area contributed by atoms with Crippen molar-refractivity contribution in [2.45, 2.75) is 20.0 Å². The second-order valence-corrected chi connectivity index (χ2v) is 4.09. The Balaban J connectivity index is 2.90. The first-order chi connectivity index (χ1) is 9.90. The molecule has 1 N–H and O–H groups in total. The summed E-state index contributed by atoms with van der Waals surface area (Å²) in [7, 11) is 1.29. The van der Waals surface area contributed by atoms with E-state index in [2.05, 4.69) is 5.32 Å². The number of hydrogen-bond donors (Lipinski definition) is 1. The van der Waals surface area contributed by atoms with Gasteiger partial charge in [-0.25, -0.2) is 4.79 Å². The van der Waals surface area contributed by atoms with Gasteiger partial charge >= 0.3 is 11.7 Å². The number of esters is 1. The molecule has 0 aliphatic heterocycles. The van der Waals surface area contributed by atoms with E-state index in [-0.39, 0.29) is 17.0 Å². The van der Waals surface area contributed by atoms with Crippen molar-refractivity contribution in [3.63, 3.8) is 0 Å². The van der Waals surface area contributed by atoms with E-state index in [9.17, 15) is 19.7 Å². The molecule has 0 spiro atoms. The number of nitrogens with one attached hydrogen (secondary N) is 1. The summed E-state index contributed by atoms with van der Waals surface area (Å²) in [5.74, 6) is -1.22. The topological polar surface area (TPSA) is 108 Å². The number of rotatable bonds is 6. The highest BCUT2D eigenvalue weighted by Gasteiger charge is 2.22. The molecule has 0 unspecified atom stereocenters. The summed E-state index contributed by atoms with van der Waals surface area (Å²) in [4.78, 5) is 33.6. The van der Waals surface area contributed by atoms with E-state index in [0.29, 0.717) is 6.54 Å². The first kappa shape index (κ1) is 16.4. The molecule has 1 aromatic carbocycles. The van der Waals surface area contributed by atoms with Crippen LogP contribution < -0.4 is 10.1 Å². The Kier molecular flexibility index (Phi) is 5.65. The molecule has 0 aromatic heterocycles. The lowest BCUT2D eigenvalue weighted by Crippen LogP contribution is -2.35. The van der Waals surface area contributed by atoms with Crippen molar-refractivity contribution >= 4 is 17.6 Å². The Morgan fingerprint density at radius 2 is 2.10 bits per heavy atom. The summed E-state index contributed by atoms with van der Waals surface area (Å²) < 4.78 is 9.78. The molecule has 21 heavy (non-hydrogen) atoms. The highest BCUT2D eigenvalue weighted by atomic mass is 16.6. The molecular formula is C13H16N2O6. The Morgan fingerprint density at radius 1 is 1.43 bits per heavy atom. The highest BCUT2D eigenvalue weighted by molar-refractivity contribution is 5.93. The number of benzene rings is 1. The number of amides is 1. The number of nitro groups is 1. The average molecular weight is 296 g/mol. The maximum Gasteiger partial charge on any atom is 0.339 e. The number of carbonyl (C=O) groups excluding carboxylic acids is 2. The van der Waals surface area contributed by atoms with Gasteiger partial charge in [-0.05, 0) is 26.0 Å². The highest BCUT2D eigenvalue weighted by Crippen LogP contribution is 2.27. The lowest BCUT2D eigenvalue weighted by Gasteiger charge is -2.12. The van der Waals surface area contributed by atoms with E-state index >= 15 is 0 Å². The fraction of sp³-hybridized carbons (Fsp3) is 0.385. The van der Waals surface area contributed by atoms with E-state index in [4.69, 9.17) is 9.47 Å². The van der Waals surface area contributed by atoms with Gasteiger partial charge in [0, 0.05) is 12.6 Å². The summed E-state index contributed by atoms with van der Waals surface area (Å²) in [6.07, 6.45) is -0.987. The quantitative estimate of drug-likeness (QED) is 0.481. The number of ether oxygens (including phenoxy) is 2. The largest absolute Gasteiger partial charge is 0.490 e. The van der Waals surface area contributed by atoms with Gasteiger partial charge in [0.2, 0.25) is 0 Å².